The third kappa shape index (κ3) is 3.84. The highest BCUT2D eigenvalue weighted by atomic mass is 35.5. The summed E-state index contributed by atoms with van der Waals surface area (Å²) in [6.45, 7) is 4.22. The average molecular weight is 307 g/mol. The van der Waals surface area contributed by atoms with Gasteiger partial charge in [-0.2, -0.15) is 0 Å². The Morgan fingerprint density at radius 1 is 1.33 bits per heavy atom. The van der Waals surface area contributed by atoms with Gasteiger partial charge in [0, 0.05) is 36.0 Å². The minimum Gasteiger partial charge on any atom is -0.379 e. The van der Waals surface area contributed by atoms with E-state index in [0.29, 0.717) is 12.0 Å². The molecule has 0 spiro atoms. The van der Waals surface area contributed by atoms with Crippen LogP contribution < -0.4 is 5.32 Å². The van der Waals surface area contributed by atoms with Crippen molar-refractivity contribution in [3.8, 4) is 0 Å². The Labute approximate surface area is 129 Å². The Hall–Kier alpha value is -1.36. The zero-order valence-electron chi connectivity index (χ0n) is 12.0. The maximum Gasteiger partial charge on any atom is 0.137 e. The molecule has 3 rings (SSSR count). The molecule has 21 heavy (non-hydrogen) atoms. The first-order valence-corrected chi connectivity index (χ1v) is 7.56. The normalized spacial score (nSPS) is 21.8. The summed E-state index contributed by atoms with van der Waals surface area (Å²) in [7, 11) is 0. The number of rotatable bonds is 5. The third-order valence-electron chi connectivity index (χ3n) is 3.80. The second-order valence-electron chi connectivity index (χ2n) is 5.55. The zero-order valence-corrected chi connectivity index (χ0v) is 12.8. The van der Waals surface area contributed by atoms with Gasteiger partial charge >= 0.3 is 0 Å². The number of aryl methyl sites for hydroxylation is 1. The minimum atomic E-state index is 0.328. The van der Waals surface area contributed by atoms with Crippen LogP contribution in [0, 0.1) is 12.8 Å². The monoisotopic (exact) mass is 306 g/mol. The van der Waals surface area contributed by atoms with E-state index in [1.807, 2.05) is 31.2 Å². The van der Waals surface area contributed by atoms with Crippen LogP contribution in [0.3, 0.4) is 0 Å². The van der Waals surface area contributed by atoms with Gasteiger partial charge in [-0.3, -0.25) is 0 Å². The van der Waals surface area contributed by atoms with E-state index in [9.17, 15) is 0 Å². The number of ether oxygens (including phenoxy) is 1. The molecule has 0 aliphatic carbocycles. The summed E-state index contributed by atoms with van der Waals surface area (Å²) < 4.78 is 10.9. The number of benzene rings is 1. The van der Waals surface area contributed by atoms with Gasteiger partial charge in [0.05, 0.1) is 18.9 Å². The lowest BCUT2D eigenvalue weighted by atomic mass is 9.98. The molecule has 0 unspecified atom stereocenters. The molecule has 0 saturated carbocycles. The van der Waals surface area contributed by atoms with Gasteiger partial charge in [-0.15, -0.1) is 0 Å². The van der Waals surface area contributed by atoms with Gasteiger partial charge in [0.15, 0.2) is 0 Å². The SMILES string of the molecule is Cc1cc(C[C@@H]2COC[C@H]2NCc2cccc(Cl)c2)on1. The molecule has 0 bridgehead atoms. The number of aromatic nitrogens is 1. The molecule has 0 radical (unpaired) electrons. The lowest BCUT2D eigenvalue weighted by molar-refractivity contribution is 0.181. The van der Waals surface area contributed by atoms with Crippen molar-refractivity contribution in [3.05, 3.63) is 52.4 Å². The lowest BCUT2D eigenvalue weighted by Crippen LogP contribution is -2.36. The van der Waals surface area contributed by atoms with Gasteiger partial charge in [0.1, 0.15) is 5.76 Å². The Bertz CT molecular complexity index is 599. The molecular weight excluding hydrogens is 288 g/mol. The summed E-state index contributed by atoms with van der Waals surface area (Å²) in [5.41, 5.74) is 2.11. The number of halogens is 1. The first kappa shape index (κ1) is 14.6. The van der Waals surface area contributed by atoms with Crippen molar-refractivity contribution >= 4 is 11.6 Å². The molecule has 1 fully saturated rings. The van der Waals surface area contributed by atoms with Gasteiger partial charge in [-0.05, 0) is 24.6 Å². The van der Waals surface area contributed by atoms with Gasteiger partial charge in [0.25, 0.3) is 0 Å². The molecule has 1 saturated heterocycles. The first-order valence-electron chi connectivity index (χ1n) is 7.18. The number of nitrogens with one attached hydrogen (secondary N) is 1. The van der Waals surface area contributed by atoms with Crippen LogP contribution in [0.4, 0.5) is 0 Å². The Morgan fingerprint density at radius 3 is 3.00 bits per heavy atom. The van der Waals surface area contributed by atoms with E-state index in [1.165, 1.54) is 5.56 Å². The Balaban J connectivity index is 1.56. The molecule has 2 aromatic rings. The number of hydrogen-bond donors (Lipinski definition) is 1. The van der Waals surface area contributed by atoms with E-state index in [-0.39, 0.29) is 0 Å². The number of hydrogen-bond acceptors (Lipinski definition) is 4. The van der Waals surface area contributed by atoms with Gasteiger partial charge in [-0.25, -0.2) is 0 Å². The van der Waals surface area contributed by atoms with Crippen molar-refractivity contribution in [3.63, 3.8) is 0 Å². The van der Waals surface area contributed by atoms with Crippen molar-refractivity contribution in [2.24, 2.45) is 5.92 Å². The third-order valence-corrected chi connectivity index (χ3v) is 4.03. The highest BCUT2D eigenvalue weighted by molar-refractivity contribution is 6.30. The van der Waals surface area contributed by atoms with Gasteiger partial charge in [-0.1, -0.05) is 28.9 Å². The van der Waals surface area contributed by atoms with E-state index in [1.54, 1.807) is 0 Å². The fourth-order valence-electron chi connectivity index (χ4n) is 2.69. The molecule has 1 aromatic carbocycles. The smallest absolute Gasteiger partial charge is 0.137 e. The summed E-state index contributed by atoms with van der Waals surface area (Å²) >= 11 is 6.01. The van der Waals surface area contributed by atoms with Crippen LogP contribution >= 0.6 is 11.6 Å². The van der Waals surface area contributed by atoms with Crippen molar-refractivity contribution < 1.29 is 9.26 Å². The molecule has 2 heterocycles. The van der Waals surface area contributed by atoms with Gasteiger partial charge in [0.2, 0.25) is 0 Å². The fraction of sp³-hybridized carbons (Fsp3) is 0.438. The molecule has 1 aliphatic heterocycles. The zero-order chi connectivity index (χ0) is 14.7. The summed E-state index contributed by atoms with van der Waals surface area (Å²) in [5.74, 6) is 1.34. The maximum absolute atomic E-state index is 6.01. The van der Waals surface area contributed by atoms with E-state index in [0.717, 1.165) is 42.7 Å². The molecule has 1 aromatic heterocycles. The highest BCUT2D eigenvalue weighted by Crippen LogP contribution is 2.20. The Kier molecular flexibility index (Phi) is 4.58. The molecular formula is C16H19ClN2O2. The molecule has 4 nitrogen and oxygen atoms in total. The quantitative estimate of drug-likeness (QED) is 0.922. The molecule has 2 atom stereocenters. The van der Waals surface area contributed by atoms with Crippen LogP contribution in [0.1, 0.15) is 17.0 Å². The lowest BCUT2D eigenvalue weighted by Gasteiger charge is -2.18. The molecule has 112 valence electrons. The standard InChI is InChI=1S/C16H19ClN2O2/c1-11-5-15(21-19-11)7-13-9-20-10-16(13)18-8-12-3-2-4-14(17)6-12/h2-6,13,16,18H,7-10H2,1H3/t13-,16-/m1/s1. The topological polar surface area (TPSA) is 47.3 Å². The molecule has 1 N–H and O–H groups in total. The second-order valence-corrected chi connectivity index (χ2v) is 5.99. The van der Waals surface area contributed by atoms with Crippen molar-refractivity contribution in [2.75, 3.05) is 13.2 Å². The second kappa shape index (κ2) is 6.60. The van der Waals surface area contributed by atoms with Crippen LogP contribution in [0.5, 0.6) is 0 Å². The predicted molar refractivity (Wildman–Crippen MR) is 81.3 cm³/mol. The molecule has 0 amide bonds. The highest BCUT2D eigenvalue weighted by Gasteiger charge is 2.29. The average Bonchev–Trinajstić information content (AvgIpc) is 3.06. The van der Waals surface area contributed by atoms with E-state index in [4.69, 9.17) is 20.9 Å². The first-order chi connectivity index (χ1) is 10.2. The predicted octanol–water partition coefficient (Wildman–Crippen LogP) is 2.98. The van der Waals surface area contributed by atoms with Crippen LogP contribution in [0.2, 0.25) is 5.02 Å². The van der Waals surface area contributed by atoms with Gasteiger partial charge < -0.3 is 14.6 Å². The molecule has 5 heteroatoms. The number of nitrogens with zero attached hydrogens (tertiary/aromatic N) is 1. The van der Waals surface area contributed by atoms with Crippen LogP contribution in [0.25, 0.3) is 0 Å². The van der Waals surface area contributed by atoms with E-state index < -0.39 is 0 Å². The Morgan fingerprint density at radius 2 is 2.24 bits per heavy atom. The van der Waals surface area contributed by atoms with E-state index >= 15 is 0 Å². The fourth-order valence-corrected chi connectivity index (χ4v) is 2.91. The largest absolute Gasteiger partial charge is 0.379 e. The summed E-state index contributed by atoms with van der Waals surface area (Å²) in [5, 5.41) is 8.26. The van der Waals surface area contributed by atoms with Crippen molar-refractivity contribution in [1.29, 1.82) is 0 Å². The maximum atomic E-state index is 6.01. The van der Waals surface area contributed by atoms with Crippen molar-refractivity contribution in [1.82, 2.24) is 10.5 Å². The van der Waals surface area contributed by atoms with Crippen molar-refractivity contribution in [2.45, 2.75) is 25.9 Å². The van der Waals surface area contributed by atoms with Crippen LogP contribution in [0.15, 0.2) is 34.9 Å². The minimum absolute atomic E-state index is 0.328. The van der Waals surface area contributed by atoms with E-state index in [2.05, 4.69) is 16.5 Å². The molecule has 1 aliphatic rings. The van der Waals surface area contributed by atoms with Crippen LogP contribution in [-0.2, 0) is 17.7 Å². The summed E-state index contributed by atoms with van der Waals surface area (Å²) in [6, 6.07) is 10.2. The van der Waals surface area contributed by atoms with Crippen LogP contribution in [-0.4, -0.2) is 24.4 Å². The summed E-state index contributed by atoms with van der Waals surface area (Å²) in [4.78, 5) is 0. The summed E-state index contributed by atoms with van der Waals surface area (Å²) in [6.07, 6.45) is 0.855.